The molecule has 0 radical (unpaired) electrons. The summed E-state index contributed by atoms with van der Waals surface area (Å²) >= 11 is 0. The number of nitrogens with zero attached hydrogens (tertiary/aromatic N) is 1. The molecule has 2 aliphatic rings. The molecule has 1 aliphatic carbocycles. The number of nitrogens with one attached hydrogen (secondary N) is 1. The molecule has 0 spiro atoms. The number of hydrogen-bond donors (Lipinski definition) is 2. The van der Waals surface area contributed by atoms with Crippen LogP contribution in [0.15, 0.2) is 23.1 Å². The van der Waals surface area contributed by atoms with E-state index in [1.807, 2.05) is 6.07 Å². The molecule has 3 N–H and O–H groups in total. The lowest BCUT2D eigenvalue weighted by Crippen LogP contribution is -2.34. The van der Waals surface area contributed by atoms with Crippen molar-refractivity contribution in [1.82, 2.24) is 4.72 Å². The molecule has 1 aromatic carbocycles. The number of carbonyl (C=O) groups is 1. The highest BCUT2D eigenvalue weighted by molar-refractivity contribution is 7.89. The SMILES string of the molecule is CCNS(=O)(=O)c1ccc2c(c1)N(C(=O)C[C@@H]1CCC[C@H]1N)CC2.Cl. The van der Waals surface area contributed by atoms with Crippen LogP contribution in [0.4, 0.5) is 5.69 Å². The maximum atomic E-state index is 12.7. The minimum absolute atomic E-state index is 0. The van der Waals surface area contributed by atoms with Crippen molar-refractivity contribution in [3.8, 4) is 0 Å². The Hall–Kier alpha value is -1.15. The third kappa shape index (κ3) is 4.16. The average molecular weight is 388 g/mol. The van der Waals surface area contributed by atoms with Crippen LogP contribution in [0.2, 0.25) is 0 Å². The number of sulfonamides is 1. The molecule has 0 aromatic heterocycles. The molecular formula is C17H26ClN3O3S. The van der Waals surface area contributed by atoms with Gasteiger partial charge in [-0.1, -0.05) is 19.4 Å². The second-order valence-corrected chi connectivity index (χ2v) is 8.41. The maximum Gasteiger partial charge on any atom is 0.240 e. The largest absolute Gasteiger partial charge is 0.327 e. The van der Waals surface area contributed by atoms with Crippen molar-refractivity contribution in [3.63, 3.8) is 0 Å². The fourth-order valence-corrected chi connectivity index (χ4v) is 4.77. The topological polar surface area (TPSA) is 92.5 Å². The first-order valence-electron chi connectivity index (χ1n) is 8.61. The Morgan fingerprint density at radius 1 is 1.36 bits per heavy atom. The van der Waals surface area contributed by atoms with Crippen molar-refractivity contribution in [2.75, 3.05) is 18.0 Å². The number of anilines is 1. The van der Waals surface area contributed by atoms with Crippen LogP contribution >= 0.6 is 12.4 Å². The van der Waals surface area contributed by atoms with Crippen molar-refractivity contribution < 1.29 is 13.2 Å². The zero-order valence-electron chi connectivity index (χ0n) is 14.4. The lowest BCUT2D eigenvalue weighted by Gasteiger charge is -2.22. The smallest absolute Gasteiger partial charge is 0.240 e. The summed E-state index contributed by atoms with van der Waals surface area (Å²) in [5, 5.41) is 0. The van der Waals surface area contributed by atoms with Gasteiger partial charge in [-0.2, -0.15) is 0 Å². The molecule has 3 rings (SSSR count). The molecule has 1 aromatic rings. The fraction of sp³-hybridized carbons (Fsp3) is 0.588. The van der Waals surface area contributed by atoms with Crippen molar-refractivity contribution in [2.24, 2.45) is 11.7 Å². The summed E-state index contributed by atoms with van der Waals surface area (Å²) in [4.78, 5) is 14.6. The summed E-state index contributed by atoms with van der Waals surface area (Å²) in [6, 6.07) is 5.15. The second-order valence-electron chi connectivity index (χ2n) is 6.65. The molecular weight excluding hydrogens is 362 g/mol. The number of carbonyl (C=O) groups excluding carboxylic acids is 1. The number of amides is 1. The third-order valence-electron chi connectivity index (χ3n) is 5.05. The highest BCUT2D eigenvalue weighted by Crippen LogP contribution is 2.33. The van der Waals surface area contributed by atoms with E-state index in [0.717, 1.165) is 36.9 Å². The molecule has 0 saturated heterocycles. The number of benzene rings is 1. The van der Waals surface area contributed by atoms with Crippen LogP contribution in [0, 0.1) is 5.92 Å². The zero-order valence-corrected chi connectivity index (χ0v) is 16.0. The van der Waals surface area contributed by atoms with Crippen molar-refractivity contribution in [2.45, 2.75) is 50.0 Å². The Balaban J connectivity index is 0.00000225. The number of hydrogen-bond acceptors (Lipinski definition) is 4. The molecule has 1 aliphatic heterocycles. The van der Waals surface area contributed by atoms with E-state index in [9.17, 15) is 13.2 Å². The Morgan fingerprint density at radius 3 is 2.76 bits per heavy atom. The van der Waals surface area contributed by atoms with E-state index >= 15 is 0 Å². The van der Waals surface area contributed by atoms with Crippen LogP contribution < -0.4 is 15.4 Å². The first-order chi connectivity index (χ1) is 11.4. The summed E-state index contributed by atoms with van der Waals surface area (Å²) < 4.78 is 26.9. The highest BCUT2D eigenvalue weighted by atomic mass is 35.5. The van der Waals surface area contributed by atoms with Crippen LogP contribution in [0.25, 0.3) is 0 Å². The van der Waals surface area contributed by atoms with E-state index in [2.05, 4.69) is 4.72 Å². The molecule has 1 heterocycles. The van der Waals surface area contributed by atoms with Crippen molar-refractivity contribution in [1.29, 1.82) is 0 Å². The molecule has 1 fully saturated rings. The quantitative estimate of drug-likeness (QED) is 0.805. The van der Waals surface area contributed by atoms with E-state index < -0.39 is 10.0 Å². The summed E-state index contributed by atoms with van der Waals surface area (Å²) in [6.07, 6.45) is 4.28. The summed E-state index contributed by atoms with van der Waals surface area (Å²) in [5.41, 5.74) is 7.83. The lowest BCUT2D eigenvalue weighted by molar-refractivity contribution is -0.119. The number of nitrogens with two attached hydrogens (primary N) is 1. The second kappa shape index (κ2) is 8.03. The van der Waals surface area contributed by atoms with E-state index in [4.69, 9.17) is 5.73 Å². The minimum Gasteiger partial charge on any atom is -0.327 e. The Morgan fingerprint density at radius 2 is 2.12 bits per heavy atom. The van der Waals surface area contributed by atoms with Gasteiger partial charge in [0.15, 0.2) is 0 Å². The summed E-state index contributed by atoms with van der Waals surface area (Å²) in [5.74, 6) is 0.296. The lowest BCUT2D eigenvalue weighted by atomic mass is 9.99. The average Bonchev–Trinajstić information content (AvgIpc) is 3.13. The number of halogens is 1. The Kier molecular flexibility index (Phi) is 6.48. The Labute approximate surface area is 155 Å². The fourth-order valence-electron chi connectivity index (χ4n) is 3.71. The van der Waals surface area contributed by atoms with Gasteiger partial charge in [-0.3, -0.25) is 4.79 Å². The predicted octanol–water partition coefficient (Wildman–Crippen LogP) is 1.81. The minimum atomic E-state index is -3.52. The van der Waals surface area contributed by atoms with E-state index in [1.165, 1.54) is 0 Å². The number of fused-ring (bicyclic) bond motifs is 1. The van der Waals surface area contributed by atoms with Gasteiger partial charge in [-0.15, -0.1) is 12.4 Å². The van der Waals surface area contributed by atoms with Crippen LogP contribution in [0.5, 0.6) is 0 Å². The van der Waals surface area contributed by atoms with Gasteiger partial charge in [-0.05, 0) is 42.9 Å². The highest BCUT2D eigenvalue weighted by Gasteiger charge is 2.31. The van der Waals surface area contributed by atoms with Gasteiger partial charge in [0.25, 0.3) is 0 Å². The summed E-state index contributed by atoms with van der Waals surface area (Å²) in [6.45, 7) is 2.69. The Bertz CT molecular complexity index is 739. The molecule has 0 unspecified atom stereocenters. The van der Waals surface area contributed by atoms with Gasteiger partial charge >= 0.3 is 0 Å². The normalized spacial score (nSPS) is 22.6. The summed E-state index contributed by atoms with van der Waals surface area (Å²) in [7, 11) is -3.52. The first kappa shape index (κ1) is 20.2. The molecule has 1 amide bonds. The monoisotopic (exact) mass is 387 g/mol. The van der Waals surface area contributed by atoms with E-state index in [1.54, 1.807) is 24.0 Å². The molecule has 2 atom stereocenters. The van der Waals surface area contributed by atoms with Crippen LogP contribution in [0.3, 0.4) is 0 Å². The molecule has 25 heavy (non-hydrogen) atoms. The van der Waals surface area contributed by atoms with Gasteiger partial charge < -0.3 is 10.6 Å². The maximum absolute atomic E-state index is 12.7. The van der Waals surface area contributed by atoms with Crippen molar-refractivity contribution >= 4 is 34.0 Å². The van der Waals surface area contributed by atoms with Gasteiger partial charge in [0, 0.05) is 31.2 Å². The standard InChI is InChI=1S/C17H25N3O3S.ClH/c1-2-19-24(22,23)14-7-6-12-8-9-20(16(12)11-14)17(21)10-13-4-3-5-15(13)18;/h6-7,11,13,15,19H,2-5,8-10,18H2,1H3;1H/t13-,15+;/m0./s1. The molecule has 140 valence electrons. The van der Waals surface area contributed by atoms with E-state index in [0.29, 0.717) is 19.5 Å². The predicted molar refractivity (Wildman–Crippen MR) is 101 cm³/mol. The van der Waals surface area contributed by atoms with Crippen LogP contribution in [-0.4, -0.2) is 33.5 Å². The van der Waals surface area contributed by atoms with Crippen LogP contribution in [-0.2, 0) is 21.2 Å². The molecule has 8 heteroatoms. The molecule has 1 saturated carbocycles. The molecule has 6 nitrogen and oxygen atoms in total. The van der Waals surface area contributed by atoms with Crippen molar-refractivity contribution in [3.05, 3.63) is 23.8 Å². The first-order valence-corrected chi connectivity index (χ1v) is 10.1. The van der Waals surface area contributed by atoms with Gasteiger partial charge in [0.2, 0.25) is 15.9 Å². The van der Waals surface area contributed by atoms with Gasteiger partial charge in [0.05, 0.1) is 4.90 Å². The number of rotatable bonds is 5. The zero-order chi connectivity index (χ0) is 17.3. The van der Waals surface area contributed by atoms with Gasteiger partial charge in [0.1, 0.15) is 0 Å². The van der Waals surface area contributed by atoms with E-state index in [-0.39, 0.29) is 35.2 Å². The third-order valence-corrected chi connectivity index (χ3v) is 6.60. The van der Waals surface area contributed by atoms with Gasteiger partial charge in [-0.25, -0.2) is 13.1 Å². The van der Waals surface area contributed by atoms with Crippen LogP contribution in [0.1, 0.15) is 38.2 Å². The molecule has 0 bridgehead atoms.